The van der Waals surface area contributed by atoms with E-state index in [0.717, 1.165) is 4.90 Å². The van der Waals surface area contributed by atoms with E-state index in [1.54, 1.807) is 60.7 Å². The van der Waals surface area contributed by atoms with Crippen LogP contribution in [0.2, 0.25) is 0 Å². The number of thiocarbonyl (C=S) groups is 1. The topological polar surface area (TPSA) is 114 Å². The van der Waals surface area contributed by atoms with Gasteiger partial charge in [-0.2, -0.15) is 0 Å². The maximum Gasteiger partial charge on any atom is 0.270 e. The van der Waals surface area contributed by atoms with Crippen molar-refractivity contribution in [2.45, 2.75) is 13.5 Å². The Kier molecular flexibility index (Phi) is 7.54. The van der Waals surface area contributed by atoms with E-state index >= 15 is 0 Å². The number of carbonyl (C=O) groups excluding carboxylic acids is 4. The Bertz CT molecular complexity index is 1600. The Hall–Kier alpha value is -5.03. The number of anilines is 1. The van der Waals surface area contributed by atoms with E-state index in [-0.39, 0.29) is 17.2 Å². The van der Waals surface area contributed by atoms with Crippen LogP contribution in [-0.4, -0.2) is 54.5 Å². The van der Waals surface area contributed by atoms with Gasteiger partial charge in [-0.15, -0.1) is 0 Å². The van der Waals surface area contributed by atoms with Crippen molar-refractivity contribution in [1.29, 1.82) is 0 Å². The number of benzene rings is 3. The highest BCUT2D eigenvalue weighted by Gasteiger charge is 2.37. The molecule has 0 radical (unpaired) electrons. The average Bonchev–Trinajstić information content (AvgIpc) is 3.21. The van der Waals surface area contributed by atoms with Crippen LogP contribution in [0.1, 0.15) is 38.8 Å². The first kappa shape index (κ1) is 27.5. The number of fused-ring (bicyclic) bond motifs is 1. The first-order valence-corrected chi connectivity index (χ1v) is 13.0. The molecule has 3 aromatic rings. The van der Waals surface area contributed by atoms with Crippen LogP contribution in [0.15, 0.2) is 66.2 Å². The second-order valence-corrected chi connectivity index (χ2v) is 9.42. The largest absolute Gasteiger partial charge is 0.496 e. The Morgan fingerprint density at radius 3 is 2.07 bits per heavy atom. The van der Waals surface area contributed by atoms with Gasteiger partial charge in [0.1, 0.15) is 22.8 Å². The summed E-state index contributed by atoms with van der Waals surface area (Å²) in [4.78, 5) is 54.8. The Morgan fingerprint density at radius 1 is 0.854 bits per heavy atom. The molecule has 11 heteroatoms. The molecule has 208 valence electrons. The van der Waals surface area contributed by atoms with Gasteiger partial charge in [-0.25, -0.2) is 0 Å². The highest BCUT2D eigenvalue weighted by Crippen LogP contribution is 2.34. The Balaban J connectivity index is 1.51. The van der Waals surface area contributed by atoms with Crippen molar-refractivity contribution < 1.29 is 33.4 Å². The molecular formula is C30H25N3O7S. The van der Waals surface area contributed by atoms with Crippen LogP contribution in [0.3, 0.4) is 0 Å². The summed E-state index contributed by atoms with van der Waals surface area (Å²) in [5, 5.41) is 2.50. The van der Waals surface area contributed by atoms with Gasteiger partial charge < -0.3 is 14.2 Å². The summed E-state index contributed by atoms with van der Waals surface area (Å²) in [6, 6.07) is 16.5. The van der Waals surface area contributed by atoms with Gasteiger partial charge in [-0.1, -0.05) is 12.1 Å². The quantitative estimate of drug-likeness (QED) is 0.188. The second-order valence-electron chi connectivity index (χ2n) is 9.03. The number of hydrogen-bond donors (Lipinski definition) is 1. The van der Waals surface area contributed by atoms with Crippen LogP contribution in [0, 0.1) is 0 Å². The molecule has 2 aliphatic heterocycles. The highest BCUT2D eigenvalue weighted by atomic mass is 32.1. The van der Waals surface area contributed by atoms with E-state index < -0.39 is 23.6 Å². The van der Waals surface area contributed by atoms with Gasteiger partial charge >= 0.3 is 0 Å². The van der Waals surface area contributed by atoms with E-state index in [4.69, 9.17) is 26.4 Å². The van der Waals surface area contributed by atoms with Crippen molar-refractivity contribution in [3.63, 3.8) is 0 Å². The number of methoxy groups -OCH3 is 2. The van der Waals surface area contributed by atoms with Crippen LogP contribution >= 0.6 is 12.2 Å². The molecule has 3 aromatic carbocycles. The lowest BCUT2D eigenvalue weighted by Crippen LogP contribution is -2.54. The third kappa shape index (κ3) is 5.03. The number of hydrogen-bond acceptors (Lipinski definition) is 8. The summed E-state index contributed by atoms with van der Waals surface area (Å²) >= 11 is 5.30. The average molecular weight is 572 g/mol. The summed E-state index contributed by atoms with van der Waals surface area (Å²) in [6.07, 6.45) is 1.38. The van der Waals surface area contributed by atoms with Gasteiger partial charge in [0, 0.05) is 17.2 Å². The van der Waals surface area contributed by atoms with Gasteiger partial charge in [0.15, 0.2) is 5.11 Å². The van der Waals surface area contributed by atoms with Crippen molar-refractivity contribution >= 4 is 52.7 Å². The fourth-order valence-electron chi connectivity index (χ4n) is 4.69. The first-order valence-electron chi connectivity index (χ1n) is 12.6. The molecule has 1 N–H and O–H groups in total. The highest BCUT2D eigenvalue weighted by molar-refractivity contribution is 7.80. The van der Waals surface area contributed by atoms with Gasteiger partial charge in [-0.05, 0) is 67.7 Å². The summed E-state index contributed by atoms with van der Waals surface area (Å²) in [6.45, 7) is 2.25. The normalized spacial score (nSPS) is 15.8. The molecule has 0 aromatic heterocycles. The number of rotatable bonds is 8. The molecule has 10 nitrogen and oxygen atoms in total. The zero-order valence-corrected chi connectivity index (χ0v) is 23.2. The monoisotopic (exact) mass is 571 g/mol. The van der Waals surface area contributed by atoms with E-state index in [1.807, 2.05) is 6.92 Å². The molecule has 0 bridgehead atoms. The van der Waals surface area contributed by atoms with E-state index in [2.05, 4.69) is 5.32 Å². The van der Waals surface area contributed by atoms with Crippen molar-refractivity contribution in [2.75, 3.05) is 25.7 Å². The van der Waals surface area contributed by atoms with Gasteiger partial charge in [0.05, 0.1) is 44.2 Å². The number of nitrogens with one attached hydrogen (secondary N) is 1. The first-order chi connectivity index (χ1) is 19.8. The molecule has 0 spiro atoms. The molecule has 1 fully saturated rings. The summed E-state index contributed by atoms with van der Waals surface area (Å²) in [5.74, 6) is -0.877. The van der Waals surface area contributed by atoms with Gasteiger partial charge in [0.2, 0.25) is 0 Å². The molecule has 0 atom stereocenters. The molecule has 0 unspecified atom stereocenters. The fraction of sp³-hybridized carbons (Fsp3) is 0.167. The minimum absolute atomic E-state index is 0.0608. The smallest absolute Gasteiger partial charge is 0.270 e. The van der Waals surface area contributed by atoms with Crippen LogP contribution in [0.25, 0.3) is 6.08 Å². The summed E-state index contributed by atoms with van der Waals surface area (Å²) in [7, 11) is 2.89. The van der Waals surface area contributed by atoms with Crippen LogP contribution in [0.4, 0.5) is 5.69 Å². The molecule has 2 heterocycles. The molecule has 2 aliphatic rings. The number of amides is 4. The third-order valence-corrected chi connectivity index (χ3v) is 6.93. The molecule has 0 aliphatic carbocycles. The van der Waals surface area contributed by atoms with Crippen molar-refractivity contribution in [1.82, 2.24) is 10.2 Å². The van der Waals surface area contributed by atoms with Crippen LogP contribution in [-0.2, 0) is 16.1 Å². The molecule has 4 amide bonds. The lowest BCUT2D eigenvalue weighted by molar-refractivity contribution is -0.122. The summed E-state index contributed by atoms with van der Waals surface area (Å²) < 4.78 is 16.5. The minimum atomic E-state index is -0.679. The standard InChI is InChI=1S/C30H25N3O7S/c1-4-40-20-11-9-19(10-12-20)33-29(37)23(26(34)31-30(33)41)14-17-13-18(25(39-3)15-24(17)38-2)16-32-27(35)21-7-5-6-8-22(21)28(32)36/h5-15H,4,16H2,1-3H3,(H,31,34,41)/b23-14+. The Labute approximate surface area is 241 Å². The zero-order chi connectivity index (χ0) is 29.3. The molecule has 0 saturated carbocycles. The number of imide groups is 1. The maximum atomic E-state index is 13.6. The number of nitrogens with zero attached hydrogens (tertiary/aromatic N) is 2. The SMILES string of the molecule is CCOc1ccc(N2C(=O)/C(=C/c3cc(CN4C(=O)c5ccccc5C4=O)c(OC)cc3OC)C(=O)NC2=S)cc1. The summed E-state index contributed by atoms with van der Waals surface area (Å²) in [5.41, 5.74) is 1.73. The lowest BCUT2D eigenvalue weighted by Gasteiger charge is -2.29. The lowest BCUT2D eigenvalue weighted by atomic mass is 10.0. The molecule has 41 heavy (non-hydrogen) atoms. The van der Waals surface area contributed by atoms with E-state index in [1.165, 1.54) is 25.2 Å². The second kappa shape index (κ2) is 11.2. The zero-order valence-electron chi connectivity index (χ0n) is 22.4. The number of carbonyl (C=O) groups is 4. The van der Waals surface area contributed by atoms with Crippen molar-refractivity contribution in [3.05, 3.63) is 88.5 Å². The van der Waals surface area contributed by atoms with Gasteiger partial charge in [-0.3, -0.25) is 34.3 Å². The van der Waals surface area contributed by atoms with Crippen LogP contribution < -0.4 is 24.4 Å². The van der Waals surface area contributed by atoms with Crippen molar-refractivity contribution in [3.8, 4) is 17.2 Å². The van der Waals surface area contributed by atoms with Crippen molar-refractivity contribution in [2.24, 2.45) is 0 Å². The number of ether oxygens (including phenoxy) is 3. The third-order valence-electron chi connectivity index (χ3n) is 6.65. The predicted molar refractivity (Wildman–Crippen MR) is 154 cm³/mol. The molecule has 1 saturated heterocycles. The minimum Gasteiger partial charge on any atom is -0.496 e. The van der Waals surface area contributed by atoms with E-state index in [9.17, 15) is 19.2 Å². The fourth-order valence-corrected chi connectivity index (χ4v) is 4.97. The predicted octanol–water partition coefficient (Wildman–Crippen LogP) is 3.73. The Morgan fingerprint density at radius 2 is 1.49 bits per heavy atom. The molecular weight excluding hydrogens is 546 g/mol. The van der Waals surface area contributed by atoms with Crippen LogP contribution in [0.5, 0.6) is 17.2 Å². The van der Waals surface area contributed by atoms with E-state index in [0.29, 0.717) is 51.8 Å². The molecule has 5 rings (SSSR count). The maximum absolute atomic E-state index is 13.6. The van der Waals surface area contributed by atoms with Gasteiger partial charge in [0.25, 0.3) is 23.6 Å².